The van der Waals surface area contributed by atoms with Gasteiger partial charge in [-0.3, -0.25) is 4.79 Å². The summed E-state index contributed by atoms with van der Waals surface area (Å²) in [5, 5.41) is 3.46. The summed E-state index contributed by atoms with van der Waals surface area (Å²) >= 11 is 9.28. The van der Waals surface area contributed by atoms with Crippen LogP contribution in [0, 0.1) is 0 Å². The van der Waals surface area contributed by atoms with E-state index in [0.29, 0.717) is 10.6 Å². The zero-order chi connectivity index (χ0) is 13.8. The second kappa shape index (κ2) is 6.22. The molecular formula is C15H13BrClNO. The number of para-hydroxylation sites is 1. The lowest BCUT2D eigenvalue weighted by Gasteiger charge is -2.10. The summed E-state index contributed by atoms with van der Waals surface area (Å²) in [6, 6.07) is 12.9. The minimum atomic E-state index is -0.171. The number of amides is 1. The molecule has 0 heterocycles. The van der Waals surface area contributed by atoms with Crippen LogP contribution >= 0.6 is 27.5 Å². The molecule has 0 fully saturated rings. The number of halogens is 2. The Morgan fingerprint density at radius 3 is 2.74 bits per heavy atom. The SMILES string of the molecule is CCc1ccccc1NC(=O)c1cc(Cl)ccc1Br. The van der Waals surface area contributed by atoms with Gasteiger partial charge in [0.1, 0.15) is 0 Å². The molecule has 2 nitrogen and oxygen atoms in total. The van der Waals surface area contributed by atoms with Crippen molar-refractivity contribution in [3.63, 3.8) is 0 Å². The Balaban J connectivity index is 2.28. The predicted molar refractivity (Wildman–Crippen MR) is 82.9 cm³/mol. The van der Waals surface area contributed by atoms with Crippen LogP contribution in [-0.4, -0.2) is 5.91 Å². The molecule has 0 aromatic heterocycles. The summed E-state index contributed by atoms with van der Waals surface area (Å²) in [5.74, 6) is -0.171. The van der Waals surface area contributed by atoms with Gasteiger partial charge in [-0.1, -0.05) is 36.7 Å². The first-order valence-electron chi connectivity index (χ1n) is 5.96. The van der Waals surface area contributed by atoms with Gasteiger partial charge in [-0.25, -0.2) is 0 Å². The van der Waals surface area contributed by atoms with E-state index in [1.807, 2.05) is 24.3 Å². The number of benzene rings is 2. The van der Waals surface area contributed by atoms with Crippen LogP contribution in [0.2, 0.25) is 5.02 Å². The lowest BCUT2D eigenvalue weighted by Crippen LogP contribution is -2.13. The topological polar surface area (TPSA) is 29.1 Å². The molecule has 4 heteroatoms. The number of hydrogen-bond donors (Lipinski definition) is 1. The van der Waals surface area contributed by atoms with Crippen molar-refractivity contribution in [1.29, 1.82) is 0 Å². The first kappa shape index (κ1) is 14.1. The smallest absolute Gasteiger partial charge is 0.256 e. The van der Waals surface area contributed by atoms with E-state index in [1.54, 1.807) is 18.2 Å². The van der Waals surface area contributed by atoms with E-state index in [0.717, 1.165) is 22.1 Å². The van der Waals surface area contributed by atoms with E-state index in [2.05, 4.69) is 28.2 Å². The summed E-state index contributed by atoms with van der Waals surface area (Å²) in [6.07, 6.45) is 0.868. The summed E-state index contributed by atoms with van der Waals surface area (Å²) in [4.78, 5) is 12.3. The Bertz CT molecular complexity index is 613. The van der Waals surface area contributed by atoms with E-state index < -0.39 is 0 Å². The fourth-order valence-corrected chi connectivity index (χ4v) is 2.41. The fraction of sp³-hybridized carbons (Fsp3) is 0.133. The normalized spacial score (nSPS) is 10.3. The number of hydrogen-bond acceptors (Lipinski definition) is 1. The molecule has 0 spiro atoms. The fourth-order valence-electron chi connectivity index (χ4n) is 1.81. The number of nitrogens with one attached hydrogen (secondary N) is 1. The van der Waals surface area contributed by atoms with Crippen LogP contribution < -0.4 is 5.32 Å². The number of aryl methyl sites for hydroxylation is 1. The Kier molecular flexibility index (Phi) is 4.61. The van der Waals surface area contributed by atoms with E-state index in [9.17, 15) is 4.79 Å². The van der Waals surface area contributed by atoms with E-state index in [4.69, 9.17) is 11.6 Å². The van der Waals surface area contributed by atoms with Gasteiger partial charge in [0, 0.05) is 15.2 Å². The van der Waals surface area contributed by atoms with Crippen molar-refractivity contribution in [1.82, 2.24) is 0 Å². The van der Waals surface area contributed by atoms with Crippen molar-refractivity contribution >= 4 is 39.1 Å². The van der Waals surface area contributed by atoms with Crippen LogP contribution in [0.15, 0.2) is 46.9 Å². The number of anilines is 1. The monoisotopic (exact) mass is 337 g/mol. The highest BCUT2D eigenvalue weighted by Gasteiger charge is 2.12. The maximum Gasteiger partial charge on any atom is 0.256 e. The van der Waals surface area contributed by atoms with E-state index >= 15 is 0 Å². The largest absolute Gasteiger partial charge is 0.322 e. The van der Waals surface area contributed by atoms with Crippen LogP contribution in [0.25, 0.3) is 0 Å². The lowest BCUT2D eigenvalue weighted by atomic mass is 10.1. The minimum Gasteiger partial charge on any atom is -0.322 e. The standard InChI is InChI=1S/C15H13BrClNO/c1-2-10-5-3-4-6-14(10)18-15(19)12-9-11(17)7-8-13(12)16/h3-9H,2H2,1H3,(H,18,19). The average Bonchev–Trinajstić information content (AvgIpc) is 2.42. The highest BCUT2D eigenvalue weighted by molar-refractivity contribution is 9.10. The summed E-state index contributed by atoms with van der Waals surface area (Å²) in [5.41, 5.74) is 2.47. The van der Waals surface area contributed by atoms with Crippen molar-refractivity contribution < 1.29 is 4.79 Å². The molecule has 0 saturated carbocycles. The van der Waals surface area contributed by atoms with Crippen molar-refractivity contribution in [3.8, 4) is 0 Å². The van der Waals surface area contributed by atoms with Crippen molar-refractivity contribution in [3.05, 3.63) is 63.1 Å². The Labute approximate surface area is 125 Å². The van der Waals surface area contributed by atoms with Gasteiger partial charge in [-0.05, 0) is 52.2 Å². The number of carbonyl (C=O) groups is 1. The van der Waals surface area contributed by atoms with E-state index in [-0.39, 0.29) is 5.91 Å². The van der Waals surface area contributed by atoms with Crippen molar-refractivity contribution in [2.75, 3.05) is 5.32 Å². The quantitative estimate of drug-likeness (QED) is 0.846. The van der Waals surface area contributed by atoms with Crippen LogP contribution in [0.3, 0.4) is 0 Å². The van der Waals surface area contributed by atoms with Gasteiger partial charge in [-0.15, -0.1) is 0 Å². The molecule has 1 N–H and O–H groups in total. The summed E-state index contributed by atoms with van der Waals surface area (Å²) in [7, 11) is 0. The third kappa shape index (κ3) is 3.37. The molecule has 0 aliphatic carbocycles. The Morgan fingerprint density at radius 1 is 1.26 bits per heavy atom. The van der Waals surface area contributed by atoms with E-state index in [1.165, 1.54) is 0 Å². The molecule has 0 atom stereocenters. The summed E-state index contributed by atoms with van der Waals surface area (Å²) < 4.78 is 0.725. The molecule has 2 aromatic carbocycles. The van der Waals surface area contributed by atoms with Gasteiger partial charge in [0.15, 0.2) is 0 Å². The molecule has 2 rings (SSSR count). The molecule has 0 aliphatic heterocycles. The lowest BCUT2D eigenvalue weighted by molar-refractivity contribution is 0.102. The van der Waals surface area contributed by atoms with Gasteiger partial charge in [0.2, 0.25) is 0 Å². The number of rotatable bonds is 3. The molecule has 0 bridgehead atoms. The third-order valence-corrected chi connectivity index (χ3v) is 3.75. The molecule has 0 unspecified atom stereocenters. The molecule has 0 radical (unpaired) electrons. The van der Waals surface area contributed by atoms with Gasteiger partial charge in [0.05, 0.1) is 5.56 Å². The highest BCUT2D eigenvalue weighted by Crippen LogP contribution is 2.23. The van der Waals surface area contributed by atoms with Gasteiger partial charge >= 0.3 is 0 Å². The zero-order valence-corrected chi connectivity index (χ0v) is 12.8. The number of carbonyl (C=O) groups excluding carboxylic acids is 1. The van der Waals surface area contributed by atoms with Gasteiger partial charge < -0.3 is 5.32 Å². The molecule has 0 saturated heterocycles. The van der Waals surface area contributed by atoms with Crippen LogP contribution in [0.4, 0.5) is 5.69 Å². The molecule has 0 aliphatic rings. The predicted octanol–water partition coefficient (Wildman–Crippen LogP) is 4.92. The average molecular weight is 339 g/mol. The van der Waals surface area contributed by atoms with Gasteiger partial charge in [-0.2, -0.15) is 0 Å². The molecule has 1 amide bonds. The van der Waals surface area contributed by atoms with Crippen molar-refractivity contribution in [2.24, 2.45) is 0 Å². The maximum absolute atomic E-state index is 12.3. The molecule has 98 valence electrons. The van der Waals surface area contributed by atoms with Crippen LogP contribution in [-0.2, 0) is 6.42 Å². The Hall–Kier alpha value is -1.32. The molecular weight excluding hydrogens is 326 g/mol. The van der Waals surface area contributed by atoms with Crippen LogP contribution in [0.1, 0.15) is 22.8 Å². The minimum absolute atomic E-state index is 0.171. The van der Waals surface area contributed by atoms with Crippen LogP contribution in [0.5, 0.6) is 0 Å². The third-order valence-electron chi connectivity index (χ3n) is 2.82. The molecule has 19 heavy (non-hydrogen) atoms. The first-order chi connectivity index (χ1) is 9.11. The Morgan fingerprint density at radius 2 is 2.00 bits per heavy atom. The zero-order valence-electron chi connectivity index (χ0n) is 10.4. The second-order valence-electron chi connectivity index (χ2n) is 4.09. The molecule has 2 aromatic rings. The highest BCUT2D eigenvalue weighted by atomic mass is 79.9. The summed E-state index contributed by atoms with van der Waals surface area (Å²) in [6.45, 7) is 2.06. The first-order valence-corrected chi connectivity index (χ1v) is 7.13. The van der Waals surface area contributed by atoms with Gasteiger partial charge in [0.25, 0.3) is 5.91 Å². The second-order valence-corrected chi connectivity index (χ2v) is 5.38. The maximum atomic E-state index is 12.3. The van der Waals surface area contributed by atoms with Crippen molar-refractivity contribution in [2.45, 2.75) is 13.3 Å².